The van der Waals surface area contributed by atoms with Gasteiger partial charge in [-0.05, 0) is 29.8 Å². The lowest BCUT2D eigenvalue weighted by Gasteiger charge is -2.14. The van der Waals surface area contributed by atoms with Crippen molar-refractivity contribution in [2.45, 2.75) is 13.0 Å². The molecular weight excluding hydrogens is 340 g/mol. The van der Waals surface area contributed by atoms with Gasteiger partial charge >= 0.3 is 0 Å². The first-order valence-electron chi connectivity index (χ1n) is 8.60. The van der Waals surface area contributed by atoms with Gasteiger partial charge in [0.2, 0.25) is 5.91 Å². The number of carbonyl (C=O) groups excluding carboxylic acids is 1. The van der Waals surface area contributed by atoms with Gasteiger partial charge in [0.1, 0.15) is 11.6 Å². The van der Waals surface area contributed by atoms with E-state index in [1.165, 1.54) is 0 Å². The van der Waals surface area contributed by atoms with Crippen LogP contribution in [0, 0.1) is 0 Å². The lowest BCUT2D eigenvalue weighted by Crippen LogP contribution is -2.15. The second kappa shape index (κ2) is 8.71. The molecule has 27 heavy (non-hydrogen) atoms. The Morgan fingerprint density at radius 1 is 1.11 bits per heavy atom. The third-order valence-electron chi connectivity index (χ3n) is 4.04. The van der Waals surface area contributed by atoms with E-state index >= 15 is 0 Å². The molecule has 6 heteroatoms. The van der Waals surface area contributed by atoms with Gasteiger partial charge in [-0.25, -0.2) is 4.98 Å². The topological polar surface area (TPSA) is 89.3 Å². The number of rotatable bonds is 8. The first kappa shape index (κ1) is 18.3. The SMILES string of the molecule is COc1ccc(Nc2cc(NCc3ccccc3)c(CC(N)=O)cn2)cc1. The number of benzene rings is 2. The second-order valence-electron chi connectivity index (χ2n) is 6.06. The molecule has 0 saturated heterocycles. The zero-order chi connectivity index (χ0) is 19.1. The predicted octanol–water partition coefficient (Wildman–Crippen LogP) is 3.47. The Kier molecular flexibility index (Phi) is 5.89. The number of nitrogens with one attached hydrogen (secondary N) is 2. The first-order chi connectivity index (χ1) is 13.1. The van der Waals surface area contributed by atoms with Crippen LogP contribution in [0.25, 0.3) is 0 Å². The molecule has 1 aromatic heterocycles. The molecule has 0 atom stereocenters. The second-order valence-corrected chi connectivity index (χ2v) is 6.06. The number of aromatic nitrogens is 1. The Balaban J connectivity index is 1.79. The van der Waals surface area contributed by atoms with Crippen LogP contribution in [0.1, 0.15) is 11.1 Å². The van der Waals surface area contributed by atoms with Crippen molar-refractivity contribution in [3.63, 3.8) is 0 Å². The highest BCUT2D eigenvalue weighted by molar-refractivity contribution is 5.79. The molecule has 0 fully saturated rings. The van der Waals surface area contributed by atoms with E-state index < -0.39 is 5.91 Å². The summed E-state index contributed by atoms with van der Waals surface area (Å²) in [5, 5.41) is 6.62. The van der Waals surface area contributed by atoms with E-state index in [-0.39, 0.29) is 6.42 Å². The van der Waals surface area contributed by atoms with Crippen molar-refractivity contribution in [2.24, 2.45) is 5.73 Å². The molecule has 3 rings (SSSR count). The van der Waals surface area contributed by atoms with E-state index in [4.69, 9.17) is 10.5 Å². The lowest BCUT2D eigenvalue weighted by atomic mass is 10.1. The molecule has 0 spiro atoms. The maximum atomic E-state index is 11.4. The van der Waals surface area contributed by atoms with Crippen molar-refractivity contribution in [1.82, 2.24) is 4.98 Å². The summed E-state index contributed by atoms with van der Waals surface area (Å²) in [6.07, 6.45) is 1.80. The van der Waals surface area contributed by atoms with Crippen LogP contribution in [0.4, 0.5) is 17.2 Å². The molecule has 0 unspecified atom stereocenters. The number of nitrogens with zero attached hydrogens (tertiary/aromatic N) is 1. The Morgan fingerprint density at radius 3 is 2.52 bits per heavy atom. The summed E-state index contributed by atoms with van der Waals surface area (Å²) in [6, 6.07) is 19.5. The van der Waals surface area contributed by atoms with Crippen LogP contribution < -0.4 is 21.1 Å². The zero-order valence-electron chi connectivity index (χ0n) is 15.1. The fourth-order valence-electron chi connectivity index (χ4n) is 2.66. The Morgan fingerprint density at radius 2 is 1.85 bits per heavy atom. The fourth-order valence-corrected chi connectivity index (χ4v) is 2.66. The zero-order valence-corrected chi connectivity index (χ0v) is 15.1. The van der Waals surface area contributed by atoms with Crippen molar-refractivity contribution in [3.05, 3.63) is 78.0 Å². The molecule has 4 N–H and O–H groups in total. The number of carbonyl (C=O) groups is 1. The normalized spacial score (nSPS) is 10.3. The van der Waals surface area contributed by atoms with Crippen molar-refractivity contribution < 1.29 is 9.53 Å². The number of nitrogens with two attached hydrogens (primary N) is 1. The van der Waals surface area contributed by atoms with Crippen LogP contribution in [0.15, 0.2) is 66.9 Å². The number of primary amides is 1. The third-order valence-corrected chi connectivity index (χ3v) is 4.04. The molecule has 138 valence electrons. The Bertz CT molecular complexity index is 896. The van der Waals surface area contributed by atoms with Gasteiger partial charge in [-0.3, -0.25) is 4.79 Å². The number of hydrogen-bond donors (Lipinski definition) is 3. The molecule has 6 nitrogen and oxygen atoms in total. The molecule has 0 aliphatic carbocycles. The van der Waals surface area contributed by atoms with Crippen molar-refractivity contribution in [3.8, 4) is 5.75 Å². The molecule has 2 aromatic carbocycles. The summed E-state index contributed by atoms with van der Waals surface area (Å²) in [7, 11) is 1.63. The standard InChI is InChI=1S/C21H22N4O2/c1-27-18-9-7-17(8-10-18)25-21-12-19(16(14-24-21)11-20(22)26)23-13-15-5-3-2-4-6-15/h2-10,12,14H,11,13H2,1H3,(H2,22,26)(H2,23,24,25). The molecule has 0 bridgehead atoms. The van der Waals surface area contributed by atoms with Crippen molar-refractivity contribution in [1.29, 1.82) is 0 Å². The van der Waals surface area contributed by atoms with E-state index in [0.717, 1.165) is 28.3 Å². The summed E-state index contributed by atoms with van der Waals surface area (Å²) in [4.78, 5) is 15.8. The minimum Gasteiger partial charge on any atom is -0.497 e. The van der Waals surface area contributed by atoms with E-state index in [0.29, 0.717) is 12.4 Å². The highest BCUT2D eigenvalue weighted by Gasteiger charge is 2.09. The van der Waals surface area contributed by atoms with Gasteiger partial charge in [0.25, 0.3) is 0 Å². The summed E-state index contributed by atoms with van der Waals surface area (Å²) in [6.45, 7) is 0.637. The largest absolute Gasteiger partial charge is 0.497 e. The third kappa shape index (κ3) is 5.22. The quantitative estimate of drug-likeness (QED) is 0.571. The van der Waals surface area contributed by atoms with Crippen LogP contribution in [-0.4, -0.2) is 18.0 Å². The minimum atomic E-state index is -0.393. The van der Waals surface area contributed by atoms with Gasteiger partial charge in [0, 0.05) is 35.7 Å². The molecule has 3 aromatic rings. The van der Waals surface area contributed by atoms with Crippen molar-refractivity contribution >= 4 is 23.1 Å². The Hall–Kier alpha value is -3.54. The molecule has 0 aliphatic rings. The van der Waals surface area contributed by atoms with Gasteiger partial charge in [0.05, 0.1) is 13.5 Å². The van der Waals surface area contributed by atoms with Gasteiger partial charge in [0.15, 0.2) is 0 Å². The molecule has 1 heterocycles. The molecule has 0 saturated carbocycles. The smallest absolute Gasteiger partial charge is 0.221 e. The average molecular weight is 362 g/mol. The number of anilines is 3. The summed E-state index contributed by atoms with van der Waals surface area (Å²) in [5.74, 6) is 1.06. The summed E-state index contributed by atoms with van der Waals surface area (Å²) < 4.78 is 5.17. The maximum absolute atomic E-state index is 11.4. The first-order valence-corrected chi connectivity index (χ1v) is 8.60. The number of amides is 1. The number of pyridine rings is 1. The number of methoxy groups -OCH3 is 1. The van der Waals surface area contributed by atoms with Crippen LogP contribution >= 0.6 is 0 Å². The monoisotopic (exact) mass is 362 g/mol. The van der Waals surface area contributed by atoms with E-state index in [1.54, 1.807) is 13.3 Å². The Labute approximate surface area is 158 Å². The minimum absolute atomic E-state index is 0.132. The van der Waals surface area contributed by atoms with E-state index in [1.807, 2.05) is 60.7 Å². The van der Waals surface area contributed by atoms with Crippen LogP contribution in [0.2, 0.25) is 0 Å². The van der Waals surface area contributed by atoms with Crippen LogP contribution in [-0.2, 0) is 17.8 Å². The fraction of sp³-hybridized carbons (Fsp3) is 0.143. The average Bonchev–Trinajstić information content (AvgIpc) is 2.69. The molecular formula is C21H22N4O2. The summed E-state index contributed by atoms with van der Waals surface area (Å²) >= 11 is 0. The van der Waals surface area contributed by atoms with Gasteiger partial charge in [-0.1, -0.05) is 30.3 Å². The summed E-state index contributed by atoms with van der Waals surface area (Å²) in [5.41, 5.74) is 8.98. The highest BCUT2D eigenvalue weighted by Crippen LogP contribution is 2.24. The van der Waals surface area contributed by atoms with Crippen LogP contribution in [0.3, 0.4) is 0 Å². The lowest BCUT2D eigenvalue weighted by molar-refractivity contribution is -0.117. The molecule has 0 aliphatic heterocycles. The van der Waals surface area contributed by atoms with Gasteiger partial charge in [-0.15, -0.1) is 0 Å². The number of ether oxygens (including phenoxy) is 1. The van der Waals surface area contributed by atoms with Crippen molar-refractivity contribution in [2.75, 3.05) is 17.7 Å². The van der Waals surface area contributed by atoms with Gasteiger partial charge in [-0.2, -0.15) is 0 Å². The maximum Gasteiger partial charge on any atom is 0.221 e. The van der Waals surface area contributed by atoms with Crippen LogP contribution in [0.5, 0.6) is 5.75 Å². The molecule has 1 amide bonds. The van der Waals surface area contributed by atoms with E-state index in [9.17, 15) is 4.79 Å². The van der Waals surface area contributed by atoms with Gasteiger partial charge < -0.3 is 21.1 Å². The van der Waals surface area contributed by atoms with E-state index in [2.05, 4.69) is 15.6 Å². The number of hydrogen-bond acceptors (Lipinski definition) is 5. The highest BCUT2D eigenvalue weighted by atomic mass is 16.5. The predicted molar refractivity (Wildman–Crippen MR) is 107 cm³/mol. The molecule has 0 radical (unpaired) electrons.